The Kier molecular flexibility index (Phi) is 4.65. The average Bonchev–Trinajstić information content (AvgIpc) is 2.36. The first kappa shape index (κ1) is 21.4. The van der Waals surface area contributed by atoms with Crippen molar-refractivity contribution in [2.24, 2.45) is 0 Å². The Labute approximate surface area is 130 Å². The highest BCUT2D eigenvalue weighted by atomic mass is 19.4. The fourth-order valence-electron chi connectivity index (χ4n) is 1.82. The molecule has 0 saturated carbocycles. The Morgan fingerprint density at radius 1 is 0.960 bits per heavy atom. The first-order valence-corrected chi connectivity index (χ1v) is 5.71. The highest BCUT2D eigenvalue weighted by molar-refractivity contribution is 5.94. The van der Waals surface area contributed by atoms with E-state index in [9.17, 15) is 53.1 Å². The molecule has 1 atom stereocenters. The number of hydrogen-bond acceptors (Lipinski definition) is 3. The van der Waals surface area contributed by atoms with Gasteiger partial charge in [0.05, 0.1) is 6.61 Å². The summed E-state index contributed by atoms with van der Waals surface area (Å²) >= 11 is 0. The Morgan fingerprint density at radius 3 is 1.64 bits per heavy atom. The van der Waals surface area contributed by atoms with Gasteiger partial charge in [-0.05, 0) is 0 Å². The van der Waals surface area contributed by atoms with Crippen LogP contribution in [0.3, 0.4) is 0 Å². The average molecular weight is 397 g/mol. The molecule has 0 aromatic carbocycles. The molecule has 0 bridgehead atoms. The third-order valence-electron chi connectivity index (χ3n) is 3.19. The molecule has 0 spiro atoms. The van der Waals surface area contributed by atoms with E-state index in [4.69, 9.17) is 5.11 Å². The van der Waals surface area contributed by atoms with E-state index in [-0.39, 0.29) is 5.32 Å². The summed E-state index contributed by atoms with van der Waals surface area (Å²) in [5.41, 5.74) is -14.0. The molecular formula is C10H6F11NO3. The zero-order valence-corrected chi connectivity index (χ0v) is 11.3. The summed E-state index contributed by atoms with van der Waals surface area (Å²) in [5, 5.41) is 8.91. The SMILES string of the molecule is C=C1COC(C(F)(F)F)(C(F)(F)C(O)(C(F)(F)F)C(F)(F)F)NC1=O. The van der Waals surface area contributed by atoms with Gasteiger partial charge in [-0.15, -0.1) is 0 Å². The van der Waals surface area contributed by atoms with Gasteiger partial charge < -0.3 is 15.2 Å². The lowest BCUT2D eigenvalue weighted by Crippen LogP contribution is -2.83. The molecule has 4 nitrogen and oxygen atoms in total. The Hall–Kier alpha value is -1.64. The van der Waals surface area contributed by atoms with E-state index in [1.807, 2.05) is 0 Å². The van der Waals surface area contributed by atoms with E-state index in [1.165, 1.54) is 0 Å². The second-order valence-corrected chi connectivity index (χ2v) is 4.81. The van der Waals surface area contributed by atoms with Gasteiger partial charge in [0.15, 0.2) is 0 Å². The molecule has 1 amide bonds. The van der Waals surface area contributed by atoms with Crippen LogP contribution in [-0.4, -0.2) is 53.4 Å². The highest BCUT2D eigenvalue weighted by Crippen LogP contribution is 2.59. The summed E-state index contributed by atoms with van der Waals surface area (Å²) in [7, 11) is 0. The smallest absolute Gasteiger partial charge is 0.369 e. The van der Waals surface area contributed by atoms with Crippen molar-refractivity contribution >= 4 is 5.91 Å². The van der Waals surface area contributed by atoms with Crippen LogP contribution in [0.25, 0.3) is 0 Å². The minimum Gasteiger partial charge on any atom is -0.369 e. The van der Waals surface area contributed by atoms with Gasteiger partial charge in [0.1, 0.15) is 0 Å². The predicted molar refractivity (Wildman–Crippen MR) is 54.0 cm³/mol. The second-order valence-electron chi connectivity index (χ2n) is 4.81. The van der Waals surface area contributed by atoms with E-state index in [0.29, 0.717) is 0 Å². The van der Waals surface area contributed by atoms with Crippen molar-refractivity contribution in [3.8, 4) is 0 Å². The number of amides is 1. The Bertz CT molecular complexity index is 562. The van der Waals surface area contributed by atoms with Crippen LogP contribution >= 0.6 is 0 Å². The number of hydrogen-bond donors (Lipinski definition) is 2. The Morgan fingerprint density at radius 2 is 1.36 bits per heavy atom. The molecule has 2 N–H and O–H groups in total. The number of nitrogens with one attached hydrogen (secondary N) is 1. The number of ether oxygens (including phenoxy) is 1. The van der Waals surface area contributed by atoms with Crippen molar-refractivity contribution in [2.75, 3.05) is 6.61 Å². The molecule has 0 radical (unpaired) electrons. The van der Waals surface area contributed by atoms with E-state index >= 15 is 0 Å². The van der Waals surface area contributed by atoms with E-state index < -0.39 is 53.9 Å². The van der Waals surface area contributed by atoms with Crippen LogP contribution < -0.4 is 5.32 Å². The molecule has 0 aromatic heterocycles. The summed E-state index contributed by atoms with van der Waals surface area (Å²) in [4.78, 5) is 11.2. The molecule has 0 aliphatic carbocycles. The molecule has 15 heteroatoms. The maximum Gasteiger partial charge on any atom is 0.443 e. The largest absolute Gasteiger partial charge is 0.443 e. The molecule has 146 valence electrons. The standard InChI is InChI=1S/C10H6F11NO3/c1-3-2-25-7(10(19,20)21,22-4(3)23)6(11,12)5(24,8(13,14)15)9(16,17)18/h24H,1-2H2,(H,22,23). The van der Waals surface area contributed by atoms with Gasteiger partial charge in [-0.2, -0.15) is 48.3 Å². The summed E-state index contributed by atoms with van der Waals surface area (Å²) < 4.78 is 146. The molecule has 1 saturated heterocycles. The van der Waals surface area contributed by atoms with Gasteiger partial charge in [0.25, 0.3) is 5.91 Å². The van der Waals surface area contributed by atoms with Crippen LogP contribution in [0.15, 0.2) is 12.2 Å². The zero-order valence-electron chi connectivity index (χ0n) is 11.3. The number of carbonyl (C=O) groups is 1. The maximum atomic E-state index is 14.0. The molecule has 25 heavy (non-hydrogen) atoms. The third-order valence-corrected chi connectivity index (χ3v) is 3.19. The normalized spacial score (nSPS) is 24.3. The van der Waals surface area contributed by atoms with E-state index in [1.54, 1.807) is 0 Å². The van der Waals surface area contributed by atoms with Crippen molar-refractivity contribution in [1.82, 2.24) is 5.32 Å². The van der Waals surface area contributed by atoms with Gasteiger partial charge in [0.2, 0.25) is 0 Å². The minimum absolute atomic E-state index is 0.214. The summed E-state index contributed by atoms with van der Waals surface area (Å²) in [5.74, 6) is -9.32. The van der Waals surface area contributed by atoms with Gasteiger partial charge >= 0.3 is 35.8 Å². The molecule has 1 heterocycles. The second kappa shape index (κ2) is 5.43. The van der Waals surface area contributed by atoms with Crippen LogP contribution in [0, 0.1) is 0 Å². The molecule has 1 aliphatic rings. The van der Waals surface area contributed by atoms with Crippen LogP contribution in [-0.2, 0) is 9.53 Å². The maximum absolute atomic E-state index is 14.0. The zero-order chi connectivity index (χ0) is 20.3. The van der Waals surface area contributed by atoms with Crippen molar-refractivity contribution in [2.45, 2.75) is 35.8 Å². The van der Waals surface area contributed by atoms with Crippen molar-refractivity contribution in [1.29, 1.82) is 0 Å². The number of carbonyl (C=O) groups excluding carboxylic acids is 1. The highest BCUT2D eigenvalue weighted by Gasteiger charge is 2.92. The van der Waals surface area contributed by atoms with E-state index in [0.717, 1.165) is 0 Å². The quantitative estimate of drug-likeness (QED) is 0.556. The summed E-state index contributed by atoms with van der Waals surface area (Å²) in [6.07, 6.45) is -21.3. The first-order valence-electron chi connectivity index (χ1n) is 5.71. The summed E-state index contributed by atoms with van der Waals surface area (Å²) in [6, 6.07) is 0. The molecule has 1 rings (SSSR count). The predicted octanol–water partition coefficient (Wildman–Crippen LogP) is 2.44. The molecule has 1 aliphatic heterocycles. The lowest BCUT2D eigenvalue weighted by molar-refractivity contribution is -0.472. The number of alkyl halides is 11. The van der Waals surface area contributed by atoms with Gasteiger partial charge in [-0.3, -0.25) is 4.79 Å². The van der Waals surface area contributed by atoms with Gasteiger partial charge in [-0.1, -0.05) is 6.58 Å². The monoisotopic (exact) mass is 397 g/mol. The fraction of sp³-hybridized carbons (Fsp3) is 0.700. The number of rotatable bonds is 2. The lowest BCUT2D eigenvalue weighted by atomic mass is 9.84. The van der Waals surface area contributed by atoms with Crippen LogP contribution in [0.4, 0.5) is 48.3 Å². The van der Waals surface area contributed by atoms with Crippen LogP contribution in [0.5, 0.6) is 0 Å². The fourth-order valence-corrected chi connectivity index (χ4v) is 1.82. The first-order chi connectivity index (χ1) is 10.8. The van der Waals surface area contributed by atoms with Crippen molar-refractivity contribution in [3.63, 3.8) is 0 Å². The minimum atomic E-state index is -7.32. The molecule has 1 fully saturated rings. The van der Waals surface area contributed by atoms with Crippen molar-refractivity contribution < 1.29 is 62.9 Å². The van der Waals surface area contributed by atoms with Crippen LogP contribution in [0.1, 0.15) is 0 Å². The molecule has 0 aromatic rings. The van der Waals surface area contributed by atoms with Gasteiger partial charge in [0, 0.05) is 5.57 Å². The molecule has 1 unspecified atom stereocenters. The lowest BCUT2D eigenvalue weighted by Gasteiger charge is -2.49. The molecular weight excluding hydrogens is 391 g/mol. The van der Waals surface area contributed by atoms with Gasteiger partial charge in [-0.25, -0.2) is 0 Å². The third kappa shape index (κ3) is 2.72. The van der Waals surface area contributed by atoms with Crippen LogP contribution in [0.2, 0.25) is 0 Å². The van der Waals surface area contributed by atoms with Crippen molar-refractivity contribution in [3.05, 3.63) is 12.2 Å². The topological polar surface area (TPSA) is 58.6 Å². The number of aliphatic hydroxyl groups is 1. The summed E-state index contributed by atoms with van der Waals surface area (Å²) in [6.45, 7) is 0.957. The number of halogens is 11. The van der Waals surface area contributed by atoms with E-state index in [2.05, 4.69) is 11.3 Å². The Balaban J connectivity index is 3.78.